The Kier molecular flexibility index (Phi) is 4.38. The Hall–Kier alpha value is -1.80. The number of piperidine rings is 1. The van der Waals surface area contributed by atoms with Gasteiger partial charge in [-0.2, -0.15) is 4.31 Å². The fourth-order valence-corrected chi connectivity index (χ4v) is 4.02. The van der Waals surface area contributed by atoms with Crippen LogP contribution >= 0.6 is 0 Å². The molecule has 0 saturated carbocycles. The molecule has 8 heteroatoms. The first-order chi connectivity index (χ1) is 9.86. The SMILES string of the molecule is COc1cc(N)ccc1S(=O)(=O)N1CCC(C(N)=O)CC1. The molecule has 0 radical (unpaired) electrons. The van der Waals surface area contributed by atoms with E-state index in [0.29, 0.717) is 18.5 Å². The van der Waals surface area contributed by atoms with E-state index < -0.39 is 10.0 Å². The third-order valence-electron chi connectivity index (χ3n) is 3.66. The van der Waals surface area contributed by atoms with E-state index in [2.05, 4.69) is 0 Å². The van der Waals surface area contributed by atoms with Crippen LogP contribution < -0.4 is 16.2 Å². The number of hydrogen-bond donors (Lipinski definition) is 2. The Morgan fingerprint density at radius 2 is 1.95 bits per heavy atom. The van der Waals surface area contributed by atoms with Gasteiger partial charge in [0.1, 0.15) is 10.6 Å². The van der Waals surface area contributed by atoms with Crippen LogP contribution in [-0.4, -0.2) is 38.8 Å². The number of nitrogen functional groups attached to an aromatic ring is 1. The molecule has 0 spiro atoms. The lowest BCUT2D eigenvalue weighted by Crippen LogP contribution is -2.41. The summed E-state index contributed by atoms with van der Waals surface area (Å²) in [4.78, 5) is 11.2. The van der Waals surface area contributed by atoms with Crippen molar-refractivity contribution in [3.8, 4) is 5.75 Å². The zero-order chi connectivity index (χ0) is 15.6. The Bertz CT molecular complexity index is 637. The first-order valence-corrected chi connectivity index (χ1v) is 8.03. The van der Waals surface area contributed by atoms with E-state index in [1.54, 1.807) is 0 Å². The standard InChI is InChI=1S/C13H19N3O4S/c1-20-11-8-10(14)2-3-12(11)21(18,19)16-6-4-9(5-7-16)13(15)17/h2-3,8-9H,4-7,14H2,1H3,(H2,15,17). The summed E-state index contributed by atoms with van der Waals surface area (Å²) in [5.74, 6) is -0.422. The first kappa shape index (κ1) is 15.6. The molecule has 21 heavy (non-hydrogen) atoms. The lowest BCUT2D eigenvalue weighted by molar-refractivity contribution is -0.122. The van der Waals surface area contributed by atoms with Gasteiger partial charge in [0, 0.05) is 30.8 Å². The van der Waals surface area contributed by atoms with Gasteiger partial charge in [-0.05, 0) is 25.0 Å². The molecule has 7 nitrogen and oxygen atoms in total. The van der Waals surface area contributed by atoms with Crippen LogP contribution in [0.2, 0.25) is 0 Å². The van der Waals surface area contributed by atoms with Crippen molar-refractivity contribution in [1.29, 1.82) is 0 Å². The Morgan fingerprint density at radius 1 is 1.33 bits per heavy atom. The summed E-state index contributed by atoms with van der Waals surface area (Å²) in [5.41, 5.74) is 11.3. The molecule has 0 unspecified atom stereocenters. The van der Waals surface area contributed by atoms with E-state index in [1.165, 1.54) is 29.6 Å². The molecular formula is C13H19N3O4S. The van der Waals surface area contributed by atoms with E-state index in [4.69, 9.17) is 16.2 Å². The van der Waals surface area contributed by atoms with Gasteiger partial charge in [0.25, 0.3) is 0 Å². The fraction of sp³-hybridized carbons (Fsp3) is 0.462. The van der Waals surface area contributed by atoms with Gasteiger partial charge < -0.3 is 16.2 Å². The van der Waals surface area contributed by atoms with Gasteiger partial charge in [0.05, 0.1) is 7.11 Å². The normalized spacial score (nSPS) is 17.6. The fourth-order valence-electron chi connectivity index (χ4n) is 2.42. The van der Waals surface area contributed by atoms with Gasteiger partial charge in [-0.1, -0.05) is 0 Å². The maximum absolute atomic E-state index is 12.6. The van der Waals surface area contributed by atoms with Crippen molar-refractivity contribution in [2.75, 3.05) is 25.9 Å². The van der Waals surface area contributed by atoms with E-state index >= 15 is 0 Å². The number of rotatable bonds is 4. The van der Waals surface area contributed by atoms with Crippen molar-refractivity contribution in [3.63, 3.8) is 0 Å². The average Bonchev–Trinajstić information content (AvgIpc) is 2.46. The highest BCUT2D eigenvalue weighted by molar-refractivity contribution is 7.89. The molecule has 1 fully saturated rings. The van der Waals surface area contributed by atoms with Crippen LogP contribution in [-0.2, 0) is 14.8 Å². The van der Waals surface area contributed by atoms with Gasteiger partial charge in [0.15, 0.2) is 0 Å². The summed E-state index contributed by atoms with van der Waals surface area (Å²) in [7, 11) is -2.27. The maximum Gasteiger partial charge on any atom is 0.246 e. The van der Waals surface area contributed by atoms with Crippen LogP contribution in [0, 0.1) is 5.92 Å². The molecule has 1 aromatic carbocycles. The zero-order valence-corrected chi connectivity index (χ0v) is 12.6. The molecule has 1 saturated heterocycles. The number of hydrogen-bond acceptors (Lipinski definition) is 5. The second-order valence-corrected chi connectivity index (χ2v) is 6.90. The van der Waals surface area contributed by atoms with E-state index in [0.717, 1.165) is 0 Å². The molecule has 2 rings (SSSR count). The number of nitrogens with two attached hydrogens (primary N) is 2. The van der Waals surface area contributed by atoms with Gasteiger partial charge in [-0.3, -0.25) is 4.79 Å². The summed E-state index contributed by atoms with van der Waals surface area (Å²) in [5, 5.41) is 0. The lowest BCUT2D eigenvalue weighted by atomic mass is 9.98. The van der Waals surface area contributed by atoms with Crippen molar-refractivity contribution in [2.24, 2.45) is 11.7 Å². The number of methoxy groups -OCH3 is 1. The van der Waals surface area contributed by atoms with E-state index in [9.17, 15) is 13.2 Å². The van der Waals surface area contributed by atoms with Crippen LogP contribution in [0.4, 0.5) is 5.69 Å². The van der Waals surface area contributed by atoms with Gasteiger partial charge in [-0.15, -0.1) is 0 Å². The highest BCUT2D eigenvalue weighted by Gasteiger charge is 2.32. The molecule has 0 bridgehead atoms. The third kappa shape index (κ3) is 3.11. The van der Waals surface area contributed by atoms with Crippen LogP contribution in [0.15, 0.2) is 23.1 Å². The molecule has 0 aromatic heterocycles. The molecule has 1 amide bonds. The minimum atomic E-state index is -3.67. The lowest BCUT2D eigenvalue weighted by Gasteiger charge is -2.30. The monoisotopic (exact) mass is 313 g/mol. The Morgan fingerprint density at radius 3 is 2.48 bits per heavy atom. The second-order valence-electron chi connectivity index (χ2n) is 4.99. The molecule has 1 aliphatic heterocycles. The number of benzene rings is 1. The second kappa shape index (κ2) is 5.90. The van der Waals surface area contributed by atoms with Crippen LogP contribution in [0.3, 0.4) is 0 Å². The number of primary amides is 1. The molecule has 4 N–H and O–H groups in total. The smallest absolute Gasteiger partial charge is 0.246 e. The van der Waals surface area contributed by atoms with Crippen LogP contribution in [0.1, 0.15) is 12.8 Å². The summed E-state index contributed by atoms with van der Waals surface area (Å²) >= 11 is 0. The summed E-state index contributed by atoms with van der Waals surface area (Å²) < 4.78 is 31.7. The largest absolute Gasteiger partial charge is 0.495 e. The number of carbonyl (C=O) groups excluding carboxylic acids is 1. The predicted octanol–water partition coefficient (Wildman–Crippen LogP) is 0.163. The highest BCUT2D eigenvalue weighted by Crippen LogP contribution is 2.31. The van der Waals surface area contributed by atoms with Crippen molar-refractivity contribution in [3.05, 3.63) is 18.2 Å². The highest BCUT2D eigenvalue weighted by atomic mass is 32.2. The summed E-state index contributed by atoms with van der Waals surface area (Å²) in [6.45, 7) is 0.535. The number of nitrogens with zero attached hydrogens (tertiary/aromatic N) is 1. The van der Waals surface area contributed by atoms with E-state index in [1.807, 2.05) is 0 Å². The minimum absolute atomic E-state index is 0.0803. The van der Waals surface area contributed by atoms with Gasteiger partial charge in [0.2, 0.25) is 15.9 Å². The third-order valence-corrected chi connectivity index (χ3v) is 5.60. The van der Waals surface area contributed by atoms with Gasteiger partial charge >= 0.3 is 0 Å². The zero-order valence-electron chi connectivity index (χ0n) is 11.8. The van der Waals surface area contributed by atoms with Crippen LogP contribution in [0.25, 0.3) is 0 Å². The number of ether oxygens (including phenoxy) is 1. The molecular weight excluding hydrogens is 294 g/mol. The summed E-state index contributed by atoms with van der Waals surface area (Å²) in [6, 6.07) is 4.43. The Labute approximate surface area is 123 Å². The van der Waals surface area contributed by atoms with Gasteiger partial charge in [-0.25, -0.2) is 8.42 Å². The Balaban J connectivity index is 2.25. The first-order valence-electron chi connectivity index (χ1n) is 6.59. The number of carbonyl (C=O) groups is 1. The number of anilines is 1. The number of sulfonamides is 1. The van der Waals surface area contributed by atoms with Crippen LogP contribution in [0.5, 0.6) is 5.75 Å². The van der Waals surface area contributed by atoms with Crippen molar-refractivity contribution < 1.29 is 17.9 Å². The molecule has 1 aliphatic rings. The molecule has 1 aromatic rings. The molecule has 0 atom stereocenters. The van der Waals surface area contributed by atoms with Crippen molar-refractivity contribution in [2.45, 2.75) is 17.7 Å². The summed E-state index contributed by atoms with van der Waals surface area (Å²) in [6.07, 6.45) is 0.873. The van der Waals surface area contributed by atoms with E-state index in [-0.39, 0.29) is 35.6 Å². The average molecular weight is 313 g/mol. The maximum atomic E-state index is 12.6. The quantitative estimate of drug-likeness (QED) is 0.768. The minimum Gasteiger partial charge on any atom is -0.495 e. The topological polar surface area (TPSA) is 116 Å². The molecule has 116 valence electrons. The van der Waals surface area contributed by atoms with Crippen molar-refractivity contribution >= 4 is 21.6 Å². The number of amides is 1. The van der Waals surface area contributed by atoms with Crippen molar-refractivity contribution in [1.82, 2.24) is 4.31 Å². The predicted molar refractivity (Wildman–Crippen MR) is 78.1 cm³/mol. The molecule has 1 heterocycles. The molecule has 0 aliphatic carbocycles.